The van der Waals surface area contributed by atoms with Crippen molar-refractivity contribution >= 4 is 22.7 Å². The molecule has 0 heterocycles. The Hall–Kier alpha value is -1.50. The van der Waals surface area contributed by atoms with Gasteiger partial charge in [0.15, 0.2) is 4.90 Å². The van der Waals surface area contributed by atoms with E-state index in [2.05, 4.69) is 19.6 Å². The van der Waals surface area contributed by atoms with Gasteiger partial charge in [0.1, 0.15) is 15.9 Å². The Morgan fingerprint density at radius 3 is 1.96 bits per heavy atom. The van der Waals surface area contributed by atoms with Crippen LogP contribution in [0.3, 0.4) is 0 Å². The molecule has 2 aromatic carbocycles. The second-order valence-corrected chi connectivity index (χ2v) is 8.30. The molecule has 0 amide bonds. The molecule has 0 spiro atoms. The molecule has 0 unspecified atom stereocenters. The van der Waals surface area contributed by atoms with Crippen LogP contribution in [0.15, 0.2) is 58.3 Å². The fourth-order valence-corrected chi connectivity index (χ4v) is 3.16. The fourth-order valence-electron chi connectivity index (χ4n) is 2.52. The smallest absolute Gasteiger partial charge is 0.150 e. The third kappa shape index (κ3) is 10.4. The number of ether oxygens (including phenoxy) is 1. The number of hydrogen-bond acceptors (Lipinski definition) is 4. The molecule has 2 rings (SSSR count). The third-order valence-electron chi connectivity index (χ3n) is 4.12. The van der Waals surface area contributed by atoms with Crippen LogP contribution in [0.1, 0.15) is 51.0 Å². The van der Waals surface area contributed by atoms with Crippen LogP contribution >= 0.6 is 0 Å². The van der Waals surface area contributed by atoms with Gasteiger partial charge in [0.2, 0.25) is 0 Å². The van der Waals surface area contributed by atoms with Crippen molar-refractivity contribution in [1.82, 2.24) is 0 Å². The van der Waals surface area contributed by atoms with E-state index in [1.54, 1.807) is 19.2 Å². The van der Waals surface area contributed by atoms with Gasteiger partial charge in [-0.25, -0.2) is 8.42 Å². The van der Waals surface area contributed by atoms with Gasteiger partial charge in [-0.05, 0) is 67.4 Å². The number of unbranched alkanes of at least 4 members (excludes halogenated alkanes) is 5. The van der Waals surface area contributed by atoms with Crippen molar-refractivity contribution in [1.29, 1.82) is 0 Å². The molecule has 0 N–H and O–H groups in total. The molecular weight excluding hydrogens is 380 g/mol. The van der Waals surface area contributed by atoms with Crippen LogP contribution in [0.25, 0.3) is 0 Å². The highest BCUT2D eigenvalue weighted by Gasteiger charge is 2.00. The molecule has 2 aromatic rings. The van der Waals surface area contributed by atoms with Gasteiger partial charge in [-0.1, -0.05) is 51.2 Å². The lowest BCUT2D eigenvalue weighted by Gasteiger charge is -2.07. The van der Waals surface area contributed by atoms with E-state index in [1.165, 1.54) is 44.2 Å². The van der Waals surface area contributed by atoms with Gasteiger partial charge in [-0.15, -0.1) is 0 Å². The summed E-state index contributed by atoms with van der Waals surface area (Å²) in [6, 6.07) is 14.0. The van der Waals surface area contributed by atoms with Crippen LogP contribution < -0.4 is 4.74 Å². The molecule has 0 fully saturated rings. The molecule has 0 bridgehead atoms. The molecule has 0 saturated carbocycles. The first-order valence-electron chi connectivity index (χ1n) is 9.27. The predicted molar refractivity (Wildman–Crippen MR) is 113 cm³/mol. The molecule has 0 aliphatic carbocycles. The molecule has 0 atom stereocenters. The third-order valence-corrected chi connectivity index (χ3v) is 5.30. The zero-order valence-corrected chi connectivity index (χ0v) is 17.9. The molecular formula is C21H30O4S2. The topological polar surface area (TPSA) is 66.4 Å². The van der Waals surface area contributed by atoms with Gasteiger partial charge in [-0.3, -0.25) is 0 Å². The zero-order chi connectivity index (χ0) is 20.1. The van der Waals surface area contributed by atoms with E-state index in [0.717, 1.165) is 29.1 Å². The summed E-state index contributed by atoms with van der Waals surface area (Å²) in [5.74, 6) is 0.886. The second-order valence-electron chi connectivity index (χ2n) is 6.34. The van der Waals surface area contributed by atoms with E-state index in [9.17, 15) is 13.0 Å². The van der Waals surface area contributed by atoms with Crippen molar-refractivity contribution in [3.8, 4) is 5.75 Å². The minimum atomic E-state index is -4.31. The van der Waals surface area contributed by atoms with Gasteiger partial charge >= 0.3 is 0 Å². The van der Waals surface area contributed by atoms with Crippen molar-refractivity contribution in [2.45, 2.75) is 61.7 Å². The lowest BCUT2D eigenvalue weighted by Crippen LogP contribution is -1.98. The van der Waals surface area contributed by atoms with Crippen LogP contribution in [-0.2, 0) is 29.2 Å². The van der Waals surface area contributed by atoms with Crippen molar-refractivity contribution in [2.75, 3.05) is 7.11 Å². The van der Waals surface area contributed by atoms with E-state index in [1.807, 2.05) is 24.3 Å². The summed E-state index contributed by atoms with van der Waals surface area (Å²) < 4.78 is 37.2. The van der Waals surface area contributed by atoms with Gasteiger partial charge in [0.05, 0.1) is 12.0 Å². The van der Waals surface area contributed by atoms with Crippen LogP contribution in [-0.4, -0.2) is 20.1 Å². The van der Waals surface area contributed by atoms with E-state index in [-0.39, 0.29) is 4.90 Å². The fraction of sp³-hybridized carbons (Fsp3) is 0.429. The summed E-state index contributed by atoms with van der Waals surface area (Å²) in [6.07, 6.45) is 8.39. The summed E-state index contributed by atoms with van der Waals surface area (Å²) in [5.41, 5.74) is 1.10. The quantitative estimate of drug-likeness (QED) is 0.345. The highest BCUT2D eigenvalue weighted by Crippen LogP contribution is 2.13. The number of methoxy groups -OCH3 is 1. The highest BCUT2D eigenvalue weighted by atomic mass is 32.2. The van der Waals surface area contributed by atoms with E-state index < -0.39 is 10.1 Å². The van der Waals surface area contributed by atoms with Crippen molar-refractivity contribution in [2.24, 2.45) is 0 Å². The molecule has 27 heavy (non-hydrogen) atoms. The summed E-state index contributed by atoms with van der Waals surface area (Å²) in [6.45, 7) is 2.20. The predicted octanol–water partition coefficient (Wildman–Crippen LogP) is 4.56. The van der Waals surface area contributed by atoms with E-state index >= 15 is 0 Å². The molecule has 0 aliphatic rings. The Bertz CT molecular complexity index is 739. The molecule has 0 saturated heterocycles. The molecule has 0 aromatic heterocycles. The van der Waals surface area contributed by atoms with Crippen LogP contribution in [0.2, 0.25) is 0 Å². The lowest BCUT2D eigenvalue weighted by molar-refractivity contribution is 0.414. The number of aryl methyl sites for hydroxylation is 1. The Labute approximate surface area is 169 Å². The van der Waals surface area contributed by atoms with Gasteiger partial charge in [0, 0.05) is 0 Å². The first kappa shape index (κ1) is 23.5. The van der Waals surface area contributed by atoms with Crippen LogP contribution in [0.5, 0.6) is 5.75 Å². The minimum absolute atomic E-state index is 0.144. The second kappa shape index (κ2) is 12.8. The zero-order valence-electron chi connectivity index (χ0n) is 16.1. The summed E-state index contributed by atoms with van der Waals surface area (Å²) in [5, 5.41) is 0. The van der Waals surface area contributed by atoms with E-state index in [4.69, 9.17) is 4.74 Å². The van der Waals surface area contributed by atoms with E-state index in [0.29, 0.717) is 0 Å². The monoisotopic (exact) mass is 410 g/mol. The maximum absolute atomic E-state index is 10.7. The first-order valence-corrected chi connectivity index (χ1v) is 11.2. The standard InChI is InChI=1S/C14H22O3S.C7H8OS/c1-2-3-4-5-6-7-8-13-9-11-14(12-10-13)18(15,16)17;1-8-6-2-4-7(9)5-3-6/h9-12H,2-8H2,1H3,(H,15,16,17);2-5,9H,1H3. The molecule has 0 aliphatic heterocycles. The van der Waals surface area contributed by atoms with Crippen LogP contribution in [0, 0.1) is 0 Å². The Morgan fingerprint density at radius 1 is 0.889 bits per heavy atom. The maximum atomic E-state index is 10.7. The van der Waals surface area contributed by atoms with Crippen molar-refractivity contribution < 1.29 is 17.7 Å². The average molecular weight is 411 g/mol. The Kier molecular flexibility index (Phi) is 11.2. The molecule has 4 nitrogen and oxygen atoms in total. The maximum Gasteiger partial charge on any atom is 0.150 e. The van der Waals surface area contributed by atoms with Crippen molar-refractivity contribution in [3.05, 3.63) is 54.1 Å². The van der Waals surface area contributed by atoms with Crippen LogP contribution in [0.4, 0.5) is 0 Å². The Morgan fingerprint density at radius 2 is 1.44 bits per heavy atom. The van der Waals surface area contributed by atoms with Gasteiger partial charge in [-0.2, -0.15) is 0 Å². The first-order chi connectivity index (χ1) is 12.9. The summed E-state index contributed by atoms with van der Waals surface area (Å²) >= 11 is 3.37. The lowest BCUT2D eigenvalue weighted by atomic mass is 10.1. The van der Waals surface area contributed by atoms with Gasteiger partial charge in [0.25, 0.3) is 0 Å². The molecule has 6 heteroatoms. The summed E-state index contributed by atoms with van der Waals surface area (Å²) in [7, 11) is -2.65. The number of rotatable bonds is 9. The Balaban J connectivity index is 0.000000337. The SMILES string of the molecule is CCCCCCCCc1ccc(S(=O)(=O)[O-])cc1.COc1ccc([SH2+])cc1. The largest absolute Gasteiger partial charge is 0.744 e. The number of hydrogen-bond donors (Lipinski definition) is 0. The van der Waals surface area contributed by atoms with Crippen molar-refractivity contribution in [3.63, 3.8) is 0 Å². The average Bonchev–Trinajstić information content (AvgIpc) is 2.65. The molecule has 0 radical (unpaired) electrons. The number of benzene rings is 2. The van der Waals surface area contributed by atoms with Gasteiger partial charge < -0.3 is 9.29 Å². The summed E-state index contributed by atoms with van der Waals surface area (Å²) in [4.78, 5) is 0.921. The molecule has 150 valence electrons. The minimum Gasteiger partial charge on any atom is -0.744 e. The normalized spacial score (nSPS) is 10.8. The highest BCUT2D eigenvalue weighted by molar-refractivity contribution is 7.85.